The highest BCUT2D eigenvalue weighted by Gasteiger charge is 2.44. The van der Waals surface area contributed by atoms with Gasteiger partial charge in [-0.2, -0.15) is 0 Å². The van der Waals surface area contributed by atoms with Crippen LogP contribution in [-0.4, -0.2) is 38.9 Å². The number of benzene rings is 1. The molecule has 1 aromatic rings. The van der Waals surface area contributed by atoms with Crippen molar-refractivity contribution in [3.63, 3.8) is 0 Å². The van der Waals surface area contributed by atoms with Gasteiger partial charge in [-0.1, -0.05) is 6.42 Å². The van der Waals surface area contributed by atoms with Gasteiger partial charge in [-0.3, -0.25) is 9.10 Å². The van der Waals surface area contributed by atoms with E-state index in [1.165, 1.54) is 42.7 Å². The largest absolute Gasteiger partial charge is 0.508 e. The van der Waals surface area contributed by atoms with Crippen molar-refractivity contribution in [3.05, 3.63) is 24.3 Å². The van der Waals surface area contributed by atoms with Crippen molar-refractivity contribution in [3.8, 4) is 5.75 Å². The lowest BCUT2D eigenvalue weighted by molar-refractivity contribution is -0.145. The van der Waals surface area contributed by atoms with Crippen LogP contribution in [0, 0.1) is 5.92 Å². The third kappa shape index (κ3) is 2.97. The predicted octanol–water partition coefficient (Wildman–Crippen LogP) is 1.50. The van der Waals surface area contributed by atoms with E-state index >= 15 is 0 Å². The summed E-state index contributed by atoms with van der Waals surface area (Å²) < 4.78 is 31.3. The van der Waals surface area contributed by atoms with Crippen LogP contribution >= 0.6 is 0 Å². The van der Waals surface area contributed by atoms with E-state index < -0.39 is 27.2 Å². The van der Waals surface area contributed by atoms with Gasteiger partial charge < -0.3 is 9.84 Å². The maximum atomic E-state index is 12.7. The maximum absolute atomic E-state index is 12.7. The van der Waals surface area contributed by atoms with Gasteiger partial charge in [0.25, 0.3) is 0 Å². The molecular weight excluding hydrogens is 294 g/mol. The Balaban J connectivity index is 2.28. The molecule has 0 radical (unpaired) electrons. The maximum Gasteiger partial charge on any atom is 0.310 e. The van der Waals surface area contributed by atoms with Crippen molar-refractivity contribution in [2.75, 3.05) is 18.5 Å². The van der Waals surface area contributed by atoms with Crippen LogP contribution in [0.4, 0.5) is 5.69 Å². The molecular formula is C14H19NO5S. The summed E-state index contributed by atoms with van der Waals surface area (Å²) >= 11 is 0. The van der Waals surface area contributed by atoms with Gasteiger partial charge in [0.15, 0.2) is 0 Å². The Morgan fingerprint density at radius 1 is 1.29 bits per heavy atom. The van der Waals surface area contributed by atoms with E-state index in [9.17, 15) is 18.3 Å². The topological polar surface area (TPSA) is 83.9 Å². The number of aromatic hydroxyl groups is 1. The summed E-state index contributed by atoms with van der Waals surface area (Å²) in [6.45, 7) is 0. The molecule has 1 aliphatic rings. The summed E-state index contributed by atoms with van der Waals surface area (Å²) in [5, 5.41) is 8.51. The van der Waals surface area contributed by atoms with Crippen molar-refractivity contribution in [2.24, 2.45) is 5.92 Å². The van der Waals surface area contributed by atoms with Crippen molar-refractivity contribution >= 4 is 21.7 Å². The summed E-state index contributed by atoms with van der Waals surface area (Å²) in [6, 6.07) is 5.89. The van der Waals surface area contributed by atoms with Gasteiger partial charge in [-0.05, 0) is 37.1 Å². The van der Waals surface area contributed by atoms with E-state index in [4.69, 9.17) is 4.74 Å². The number of phenolic OH excluding ortho intramolecular Hbond substituents is 1. The standard InChI is InChI=1S/C14H19NO5S/c1-15(10-6-8-11(16)9-7-10)21(18,19)13-5-3-4-12(13)14(17)20-2/h6-9,12-13,16H,3-5H2,1-2H3. The van der Waals surface area contributed by atoms with Crippen LogP contribution in [0.1, 0.15) is 19.3 Å². The number of ether oxygens (including phenoxy) is 1. The van der Waals surface area contributed by atoms with Gasteiger partial charge >= 0.3 is 5.97 Å². The van der Waals surface area contributed by atoms with E-state index in [1.807, 2.05) is 0 Å². The van der Waals surface area contributed by atoms with Crippen LogP contribution < -0.4 is 4.31 Å². The average molecular weight is 313 g/mol. The number of anilines is 1. The van der Waals surface area contributed by atoms with Crippen LogP contribution in [0.2, 0.25) is 0 Å². The molecule has 1 aromatic carbocycles. The van der Waals surface area contributed by atoms with E-state index in [2.05, 4.69) is 0 Å². The lowest BCUT2D eigenvalue weighted by Crippen LogP contribution is -2.40. The molecule has 1 saturated carbocycles. The Kier molecular flexibility index (Phi) is 4.41. The summed E-state index contributed by atoms with van der Waals surface area (Å²) in [4.78, 5) is 11.7. The van der Waals surface area contributed by atoms with E-state index in [0.717, 1.165) is 0 Å². The molecule has 1 fully saturated rings. The first-order chi connectivity index (χ1) is 9.87. The number of carbonyl (C=O) groups is 1. The number of phenols is 1. The third-order valence-corrected chi connectivity index (χ3v) is 6.24. The van der Waals surface area contributed by atoms with Gasteiger partial charge in [0, 0.05) is 7.05 Å². The highest BCUT2D eigenvalue weighted by molar-refractivity contribution is 7.93. The van der Waals surface area contributed by atoms with Gasteiger partial charge in [0.2, 0.25) is 10.0 Å². The first kappa shape index (κ1) is 15.6. The second-order valence-corrected chi connectivity index (χ2v) is 7.31. The molecule has 7 heteroatoms. The van der Waals surface area contributed by atoms with Crippen molar-refractivity contribution < 1.29 is 23.1 Å². The smallest absolute Gasteiger partial charge is 0.310 e. The monoisotopic (exact) mass is 313 g/mol. The summed E-state index contributed by atoms with van der Waals surface area (Å²) in [5.41, 5.74) is 0.448. The minimum Gasteiger partial charge on any atom is -0.508 e. The molecule has 0 saturated heterocycles. The zero-order chi connectivity index (χ0) is 15.6. The third-order valence-electron chi connectivity index (χ3n) is 3.93. The number of esters is 1. The quantitative estimate of drug-likeness (QED) is 0.852. The fourth-order valence-corrected chi connectivity index (χ4v) is 4.66. The Bertz CT molecular complexity index is 611. The normalized spacial score (nSPS) is 22.0. The number of methoxy groups -OCH3 is 1. The molecule has 1 aliphatic carbocycles. The van der Waals surface area contributed by atoms with E-state index in [-0.39, 0.29) is 5.75 Å². The first-order valence-corrected chi connectivity index (χ1v) is 8.23. The van der Waals surface area contributed by atoms with E-state index in [0.29, 0.717) is 24.9 Å². The highest BCUT2D eigenvalue weighted by atomic mass is 32.2. The summed E-state index contributed by atoms with van der Waals surface area (Å²) in [7, 11) is -0.933. The molecule has 21 heavy (non-hydrogen) atoms. The van der Waals surface area contributed by atoms with Crippen LogP contribution in [0.25, 0.3) is 0 Å². The first-order valence-electron chi connectivity index (χ1n) is 6.72. The zero-order valence-corrected chi connectivity index (χ0v) is 12.8. The Labute approximate surface area is 124 Å². The van der Waals surface area contributed by atoms with Crippen molar-refractivity contribution in [1.82, 2.24) is 0 Å². The lowest BCUT2D eigenvalue weighted by atomic mass is 10.1. The second kappa shape index (κ2) is 5.93. The Morgan fingerprint density at radius 3 is 2.48 bits per heavy atom. The number of sulfonamides is 1. The molecule has 0 bridgehead atoms. The number of carbonyl (C=O) groups excluding carboxylic acids is 1. The Morgan fingerprint density at radius 2 is 1.90 bits per heavy atom. The fourth-order valence-electron chi connectivity index (χ4n) is 2.72. The van der Waals surface area contributed by atoms with Gasteiger partial charge in [0.05, 0.1) is 24.0 Å². The van der Waals surface area contributed by atoms with Crippen LogP contribution in [0.15, 0.2) is 24.3 Å². The van der Waals surface area contributed by atoms with E-state index in [1.54, 1.807) is 0 Å². The molecule has 0 aromatic heterocycles. The molecule has 0 aliphatic heterocycles. The molecule has 116 valence electrons. The number of nitrogens with zero attached hydrogens (tertiary/aromatic N) is 1. The molecule has 2 rings (SSSR count). The fraction of sp³-hybridized carbons (Fsp3) is 0.500. The van der Waals surface area contributed by atoms with Gasteiger partial charge in [0.1, 0.15) is 5.75 Å². The number of hydrogen-bond donors (Lipinski definition) is 1. The van der Waals surface area contributed by atoms with Crippen molar-refractivity contribution in [2.45, 2.75) is 24.5 Å². The molecule has 0 amide bonds. The molecule has 6 nitrogen and oxygen atoms in total. The van der Waals surface area contributed by atoms with Crippen LogP contribution in [0.3, 0.4) is 0 Å². The van der Waals surface area contributed by atoms with Crippen molar-refractivity contribution in [1.29, 1.82) is 0 Å². The second-order valence-electron chi connectivity index (χ2n) is 5.13. The lowest BCUT2D eigenvalue weighted by Gasteiger charge is -2.26. The molecule has 0 heterocycles. The minimum atomic E-state index is -3.66. The van der Waals surface area contributed by atoms with Crippen LogP contribution in [0.5, 0.6) is 5.75 Å². The predicted molar refractivity (Wildman–Crippen MR) is 78.6 cm³/mol. The zero-order valence-electron chi connectivity index (χ0n) is 12.0. The number of rotatable bonds is 4. The van der Waals surface area contributed by atoms with Gasteiger partial charge in [-0.25, -0.2) is 8.42 Å². The average Bonchev–Trinajstić information content (AvgIpc) is 2.96. The SMILES string of the molecule is COC(=O)C1CCCC1S(=O)(=O)N(C)c1ccc(O)cc1. The molecule has 2 atom stereocenters. The molecule has 0 spiro atoms. The highest BCUT2D eigenvalue weighted by Crippen LogP contribution is 2.35. The minimum absolute atomic E-state index is 0.0675. The Hall–Kier alpha value is -1.76. The van der Waals surface area contributed by atoms with Gasteiger partial charge in [-0.15, -0.1) is 0 Å². The summed E-state index contributed by atoms with van der Waals surface area (Å²) in [5.74, 6) is -1.02. The molecule has 2 unspecified atom stereocenters. The molecule has 1 N–H and O–H groups in total. The number of hydrogen-bond acceptors (Lipinski definition) is 5. The summed E-state index contributed by atoms with van der Waals surface area (Å²) in [6.07, 6.45) is 1.66. The van der Waals surface area contributed by atoms with Crippen LogP contribution in [-0.2, 0) is 19.6 Å².